The number of aliphatic hydroxyl groups excluding tert-OH is 1. The van der Waals surface area contributed by atoms with Gasteiger partial charge in [0, 0.05) is 5.75 Å². The number of ketones is 1. The number of ether oxygens (including phenoxy) is 1. The van der Waals surface area contributed by atoms with E-state index in [9.17, 15) is 19.1 Å². The van der Waals surface area contributed by atoms with Gasteiger partial charge in [-0.15, -0.1) is 21.5 Å². The number of benzene rings is 3. The number of hydrogen-bond acceptors (Lipinski definition) is 9. The van der Waals surface area contributed by atoms with Crippen molar-refractivity contribution in [2.45, 2.75) is 16.1 Å². The number of nitrogens with zero attached hydrogens (tertiary/aromatic N) is 3. The van der Waals surface area contributed by atoms with Gasteiger partial charge in [0.2, 0.25) is 10.9 Å². The summed E-state index contributed by atoms with van der Waals surface area (Å²) in [7, 11) is 0. The third kappa shape index (κ3) is 5.64. The maximum absolute atomic E-state index is 13.6. The summed E-state index contributed by atoms with van der Waals surface area (Å²) in [4.78, 5) is 28.8. The van der Waals surface area contributed by atoms with Gasteiger partial charge in [-0.25, -0.2) is 4.39 Å². The minimum atomic E-state index is -0.959. The Hall–Kier alpha value is -4.32. The largest absolute Gasteiger partial charge is 0.503 e. The van der Waals surface area contributed by atoms with Crippen molar-refractivity contribution in [1.82, 2.24) is 10.2 Å². The van der Waals surface area contributed by atoms with Gasteiger partial charge in [-0.1, -0.05) is 71.6 Å². The molecular formula is C30H20FN3O4S3. The molecule has 0 fully saturated rings. The topological polar surface area (TPSA) is 92.6 Å². The molecule has 6 rings (SSSR count). The molecule has 0 aliphatic carbocycles. The maximum atomic E-state index is 13.6. The summed E-state index contributed by atoms with van der Waals surface area (Å²) >= 11 is 3.79. The van der Waals surface area contributed by atoms with Gasteiger partial charge in [-0.3, -0.25) is 14.5 Å². The molecule has 1 atom stereocenters. The summed E-state index contributed by atoms with van der Waals surface area (Å²) in [5.74, 6) is -0.463. The van der Waals surface area contributed by atoms with Crippen LogP contribution in [-0.4, -0.2) is 27.0 Å². The molecule has 0 radical (unpaired) electrons. The molecule has 1 N–H and O–H groups in total. The number of halogens is 1. The number of aromatic nitrogens is 2. The van der Waals surface area contributed by atoms with Crippen molar-refractivity contribution in [3.63, 3.8) is 0 Å². The molecule has 3 aromatic carbocycles. The van der Waals surface area contributed by atoms with Crippen LogP contribution in [0.15, 0.2) is 112 Å². The summed E-state index contributed by atoms with van der Waals surface area (Å²) in [5, 5.41) is 21.5. The number of carbonyl (C=O) groups is 2. The van der Waals surface area contributed by atoms with E-state index in [-0.39, 0.29) is 16.5 Å². The Balaban J connectivity index is 1.35. The van der Waals surface area contributed by atoms with Crippen molar-refractivity contribution in [1.29, 1.82) is 0 Å². The van der Waals surface area contributed by atoms with E-state index in [2.05, 4.69) is 10.2 Å². The molecule has 1 aliphatic rings. The van der Waals surface area contributed by atoms with E-state index in [4.69, 9.17) is 4.74 Å². The zero-order chi connectivity index (χ0) is 28.3. The van der Waals surface area contributed by atoms with Gasteiger partial charge < -0.3 is 9.84 Å². The van der Waals surface area contributed by atoms with E-state index < -0.39 is 23.5 Å². The number of Topliss-reactive ketones (excluding diaryl/α,β-unsaturated/α-hetero) is 1. The number of rotatable bonds is 9. The zero-order valence-corrected chi connectivity index (χ0v) is 23.6. The van der Waals surface area contributed by atoms with Gasteiger partial charge in [-0.2, -0.15) is 0 Å². The summed E-state index contributed by atoms with van der Waals surface area (Å²) in [5.41, 5.74) is 1.43. The van der Waals surface area contributed by atoms with Crippen molar-refractivity contribution in [2.75, 3.05) is 4.90 Å². The first-order chi connectivity index (χ1) is 20.0. The molecule has 41 heavy (non-hydrogen) atoms. The van der Waals surface area contributed by atoms with Gasteiger partial charge in [-0.05, 0) is 59.0 Å². The highest BCUT2D eigenvalue weighted by Gasteiger charge is 2.46. The summed E-state index contributed by atoms with van der Waals surface area (Å²) in [6.07, 6.45) is 0. The molecule has 1 aliphatic heterocycles. The Bertz CT molecular complexity index is 1740. The number of anilines is 1. The van der Waals surface area contributed by atoms with Crippen LogP contribution in [0.2, 0.25) is 0 Å². The number of hydrogen-bond donors (Lipinski definition) is 1. The van der Waals surface area contributed by atoms with Crippen molar-refractivity contribution in [3.8, 4) is 11.5 Å². The maximum Gasteiger partial charge on any atom is 0.296 e. The number of amides is 1. The van der Waals surface area contributed by atoms with Crippen LogP contribution in [0.5, 0.6) is 11.5 Å². The van der Waals surface area contributed by atoms with Crippen LogP contribution in [0.25, 0.3) is 0 Å². The molecule has 3 heterocycles. The van der Waals surface area contributed by atoms with Crippen LogP contribution in [0.1, 0.15) is 26.8 Å². The Morgan fingerprint density at radius 2 is 1.76 bits per heavy atom. The van der Waals surface area contributed by atoms with Crippen LogP contribution < -0.4 is 9.64 Å². The number of para-hydroxylation sites is 1. The molecular weight excluding hydrogens is 582 g/mol. The van der Waals surface area contributed by atoms with Crippen LogP contribution in [0, 0.1) is 5.82 Å². The van der Waals surface area contributed by atoms with E-state index in [0.29, 0.717) is 32.0 Å². The summed E-state index contributed by atoms with van der Waals surface area (Å²) < 4.78 is 19.9. The molecule has 0 spiro atoms. The monoisotopic (exact) mass is 601 g/mol. The van der Waals surface area contributed by atoms with E-state index in [1.54, 1.807) is 53.9 Å². The first kappa shape index (κ1) is 26.9. The van der Waals surface area contributed by atoms with Crippen LogP contribution in [0.3, 0.4) is 0 Å². The Morgan fingerprint density at radius 3 is 2.51 bits per heavy atom. The van der Waals surface area contributed by atoms with Gasteiger partial charge >= 0.3 is 0 Å². The lowest BCUT2D eigenvalue weighted by Gasteiger charge is -2.24. The SMILES string of the molecule is O=C(C1=C(O)C(=O)N(c2nnc(SCc3ccc(F)cc3)s2)C1c1cccc(Oc2ccccc2)c1)c1cccs1. The Kier molecular flexibility index (Phi) is 7.64. The van der Waals surface area contributed by atoms with Crippen molar-refractivity contribution in [3.05, 3.63) is 130 Å². The average molecular weight is 602 g/mol. The second-order valence-corrected chi connectivity index (χ2v) is 12.0. The second-order valence-electron chi connectivity index (χ2n) is 8.90. The molecule has 11 heteroatoms. The molecule has 5 aromatic rings. The highest BCUT2D eigenvalue weighted by Crippen LogP contribution is 2.45. The number of thioether (sulfide) groups is 1. The lowest BCUT2D eigenvalue weighted by Crippen LogP contribution is -2.31. The highest BCUT2D eigenvalue weighted by atomic mass is 32.2. The average Bonchev–Trinajstić information content (AvgIpc) is 3.74. The molecule has 0 saturated carbocycles. The van der Waals surface area contributed by atoms with Crippen LogP contribution in [0.4, 0.5) is 9.52 Å². The number of aliphatic hydroxyl groups is 1. The molecule has 1 unspecified atom stereocenters. The fourth-order valence-corrected chi connectivity index (χ4v) is 6.85. The number of carbonyl (C=O) groups excluding carboxylic acids is 2. The van der Waals surface area contributed by atoms with Gasteiger partial charge in [0.25, 0.3) is 5.91 Å². The Labute approximate surface area is 246 Å². The van der Waals surface area contributed by atoms with Crippen molar-refractivity contribution >= 4 is 51.3 Å². The number of thiophene rings is 1. The van der Waals surface area contributed by atoms with Crippen LogP contribution in [-0.2, 0) is 10.5 Å². The predicted octanol–water partition coefficient (Wildman–Crippen LogP) is 7.61. The smallest absolute Gasteiger partial charge is 0.296 e. The first-order valence-electron chi connectivity index (χ1n) is 12.4. The third-order valence-corrected chi connectivity index (χ3v) is 9.22. The zero-order valence-electron chi connectivity index (χ0n) is 21.1. The second kappa shape index (κ2) is 11.7. The molecule has 1 amide bonds. The van der Waals surface area contributed by atoms with Gasteiger partial charge in [0.05, 0.1) is 16.5 Å². The predicted molar refractivity (Wildman–Crippen MR) is 157 cm³/mol. The molecule has 0 bridgehead atoms. The summed E-state index contributed by atoms with van der Waals surface area (Å²) in [6, 6.07) is 24.9. The summed E-state index contributed by atoms with van der Waals surface area (Å²) in [6.45, 7) is 0. The third-order valence-electron chi connectivity index (χ3n) is 6.23. The molecule has 0 saturated heterocycles. The standard InChI is InChI=1S/C30H20FN3O4S3/c31-20-13-11-18(12-14-20)17-40-30-33-32-29(41-30)34-25(24(27(36)28(34)37)26(35)23-10-5-15-39-23)19-6-4-9-22(16-19)38-21-7-2-1-3-8-21/h1-16,25,36H,17H2. The minimum Gasteiger partial charge on any atom is -0.503 e. The van der Waals surface area contributed by atoms with Gasteiger partial charge in [0.15, 0.2) is 10.1 Å². The fraction of sp³-hybridized carbons (Fsp3) is 0.0667. The van der Waals surface area contributed by atoms with E-state index in [1.165, 1.54) is 51.5 Å². The quantitative estimate of drug-likeness (QED) is 0.106. The highest BCUT2D eigenvalue weighted by molar-refractivity contribution is 8.00. The van der Waals surface area contributed by atoms with Gasteiger partial charge in [0.1, 0.15) is 17.3 Å². The molecule has 7 nitrogen and oxygen atoms in total. The lowest BCUT2D eigenvalue weighted by atomic mass is 9.95. The van der Waals surface area contributed by atoms with Crippen LogP contribution >= 0.6 is 34.4 Å². The van der Waals surface area contributed by atoms with Crippen molar-refractivity contribution < 1.29 is 23.8 Å². The first-order valence-corrected chi connectivity index (χ1v) is 15.0. The molecule has 2 aromatic heterocycles. The van der Waals surface area contributed by atoms with E-state index in [1.807, 2.05) is 30.3 Å². The van der Waals surface area contributed by atoms with Crippen molar-refractivity contribution in [2.24, 2.45) is 0 Å². The fourth-order valence-electron chi connectivity index (χ4n) is 4.35. The lowest BCUT2D eigenvalue weighted by molar-refractivity contribution is -0.117. The van der Waals surface area contributed by atoms with E-state index >= 15 is 0 Å². The normalized spacial score (nSPS) is 15.0. The Morgan fingerprint density at radius 1 is 0.976 bits per heavy atom. The minimum absolute atomic E-state index is 0.0370. The molecule has 204 valence electrons. The van der Waals surface area contributed by atoms with E-state index in [0.717, 1.165) is 5.56 Å².